The van der Waals surface area contributed by atoms with Crippen LogP contribution in [-0.2, 0) is 10.0 Å². The Balaban J connectivity index is 2.41. The van der Waals surface area contributed by atoms with Gasteiger partial charge in [0.05, 0.1) is 4.90 Å². The van der Waals surface area contributed by atoms with E-state index >= 15 is 0 Å². The molecule has 0 unspecified atom stereocenters. The number of hydrogen-bond acceptors (Lipinski definition) is 3. The maximum absolute atomic E-state index is 12.7. The summed E-state index contributed by atoms with van der Waals surface area (Å²) in [7, 11) is -3.44. The molecule has 0 aliphatic carbocycles. The van der Waals surface area contributed by atoms with Crippen molar-refractivity contribution in [2.45, 2.75) is 18.2 Å². The molecule has 1 aliphatic rings. The summed E-state index contributed by atoms with van der Waals surface area (Å²) >= 11 is 6.76. The average molecular weight is 412 g/mol. The van der Waals surface area contributed by atoms with Gasteiger partial charge < -0.3 is 5.32 Å². The van der Waals surface area contributed by atoms with Gasteiger partial charge in [-0.1, -0.05) is 15.9 Å². The van der Waals surface area contributed by atoms with Crippen LogP contribution in [0.2, 0.25) is 0 Å². The van der Waals surface area contributed by atoms with Gasteiger partial charge in [0.15, 0.2) is 0 Å². The minimum atomic E-state index is -3.44. The molecule has 19 heavy (non-hydrogen) atoms. The van der Waals surface area contributed by atoms with Gasteiger partial charge in [0.25, 0.3) is 0 Å². The molecule has 1 saturated heterocycles. The first kappa shape index (κ1) is 15.4. The lowest BCUT2D eigenvalue weighted by atomic mass is 10.2. The number of benzene rings is 1. The molecule has 4 nitrogen and oxygen atoms in total. The third-order valence-electron chi connectivity index (χ3n) is 3.13. The van der Waals surface area contributed by atoms with E-state index in [1.54, 1.807) is 10.4 Å². The van der Waals surface area contributed by atoms with Crippen molar-refractivity contribution in [2.24, 2.45) is 0 Å². The molecule has 0 radical (unpaired) electrons. The number of rotatable bonds is 2. The van der Waals surface area contributed by atoms with Crippen LogP contribution in [0.5, 0.6) is 0 Å². The molecule has 0 atom stereocenters. The van der Waals surface area contributed by atoms with E-state index in [4.69, 9.17) is 0 Å². The monoisotopic (exact) mass is 410 g/mol. The first-order chi connectivity index (χ1) is 8.93. The summed E-state index contributed by atoms with van der Waals surface area (Å²) < 4.78 is 28.3. The summed E-state index contributed by atoms with van der Waals surface area (Å²) in [5, 5.41) is 3.21. The molecule has 1 aliphatic heterocycles. The van der Waals surface area contributed by atoms with Crippen LogP contribution in [0.3, 0.4) is 0 Å². The van der Waals surface area contributed by atoms with Crippen molar-refractivity contribution >= 4 is 41.9 Å². The summed E-state index contributed by atoms with van der Waals surface area (Å²) in [6, 6.07) is 3.50. The fourth-order valence-electron chi connectivity index (χ4n) is 2.03. The van der Waals surface area contributed by atoms with Crippen LogP contribution in [-0.4, -0.2) is 38.9 Å². The molecule has 1 aromatic rings. The first-order valence-electron chi connectivity index (χ1n) is 6.09. The number of nitrogens with one attached hydrogen (secondary N) is 1. The quantitative estimate of drug-likeness (QED) is 0.813. The average Bonchev–Trinajstić information content (AvgIpc) is 2.62. The summed E-state index contributed by atoms with van der Waals surface area (Å²) in [6.07, 6.45) is 0.837. The van der Waals surface area contributed by atoms with E-state index in [1.165, 1.54) is 0 Å². The number of hydrogen-bond donors (Lipinski definition) is 1. The Kier molecular flexibility index (Phi) is 5.05. The van der Waals surface area contributed by atoms with Gasteiger partial charge in [0.2, 0.25) is 10.0 Å². The molecule has 0 bridgehead atoms. The molecule has 0 aromatic heterocycles. The molecule has 0 spiro atoms. The Morgan fingerprint density at radius 3 is 2.63 bits per heavy atom. The van der Waals surface area contributed by atoms with Crippen LogP contribution in [0.4, 0.5) is 0 Å². The second-order valence-electron chi connectivity index (χ2n) is 4.54. The van der Waals surface area contributed by atoms with Gasteiger partial charge in [-0.05, 0) is 53.5 Å². The van der Waals surface area contributed by atoms with Crippen LogP contribution in [0.1, 0.15) is 12.0 Å². The van der Waals surface area contributed by atoms with E-state index in [-0.39, 0.29) is 0 Å². The Morgan fingerprint density at radius 1 is 1.16 bits per heavy atom. The van der Waals surface area contributed by atoms with Crippen LogP contribution in [0.25, 0.3) is 0 Å². The standard InChI is InChI=1S/C12H16Br2N2O2S/c1-9-7-11(14)12(8-10(9)13)19(17,18)16-5-2-3-15-4-6-16/h7-8,15H,2-6H2,1H3. The minimum absolute atomic E-state index is 0.326. The van der Waals surface area contributed by atoms with Crippen molar-refractivity contribution in [3.63, 3.8) is 0 Å². The predicted molar refractivity (Wildman–Crippen MR) is 82.8 cm³/mol. The van der Waals surface area contributed by atoms with Crippen molar-refractivity contribution in [1.29, 1.82) is 0 Å². The first-order valence-corrected chi connectivity index (χ1v) is 9.12. The fraction of sp³-hybridized carbons (Fsp3) is 0.500. The zero-order valence-corrected chi connectivity index (χ0v) is 14.6. The second kappa shape index (κ2) is 6.22. The Hall–Kier alpha value is 0.0500. The smallest absolute Gasteiger partial charge is 0.244 e. The third kappa shape index (κ3) is 3.39. The molecule has 7 heteroatoms. The highest BCUT2D eigenvalue weighted by Crippen LogP contribution is 2.30. The van der Waals surface area contributed by atoms with Gasteiger partial charge in [-0.25, -0.2) is 8.42 Å². The number of sulfonamides is 1. The largest absolute Gasteiger partial charge is 0.315 e. The molecule has 1 N–H and O–H groups in total. The number of halogens is 2. The highest BCUT2D eigenvalue weighted by atomic mass is 79.9. The van der Waals surface area contributed by atoms with Gasteiger partial charge in [-0.2, -0.15) is 4.31 Å². The van der Waals surface area contributed by atoms with E-state index in [9.17, 15) is 8.42 Å². The van der Waals surface area contributed by atoms with Gasteiger partial charge in [0, 0.05) is 28.6 Å². The lowest BCUT2D eigenvalue weighted by Gasteiger charge is -2.21. The van der Waals surface area contributed by atoms with E-state index < -0.39 is 10.0 Å². The van der Waals surface area contributed by atoms with Crippen molar-refractivity contribution in [1.82, 2.24) is 9.62 Å². The van der Waals surface area contributed by atoms with Crippen molar-refractivity contribution < 1.29 is 8.42 Å². The second-order valence-corrected chi connectivity index (χ2v) is 8.15. The van der Waals surface area contributed by atoms with Gasteiger partial charge in [-0.3, -0.25) is 0 Å². The Morgan fingerprint density at radius 2 is 1.89 bits per heavy atom. The van der Waals surface area contributed by atoms with E-state index in [2.05, 4.69) is 37.2 Å². The molecular formula is C12H16Br2N2O2S. The van der Waals surface area contributed by atoms with Crippen LogP contribution in [0, 0.1) is 6.92 Å². The zero-order valence-electron chi connectivity index (χ0n) is 10.6. The summed E-state index contributed by atoms with van der Waals surface area (Å²) in [6.45, 7) is 4.57. The summed E-state index contributed by atoms with van der Waals surface area (Å²) in [5.74, 6) is 0. The van der Waals surface area contributed by atoms with Crippen LogP contribution < -0.4 is 5.32 Å². The molecular weight excluding hydrogens is 396 g/mol. The molecule has 1 aromatic carbocycles. The molecule has 1 heterocycles. The molecule has 106 valence electrons. The zero-order chi connectivity index (χ0) is 14.0. The van der Waals surface area contributed by atoms with Gasteiger partial charge in [-0.15, -0.1) is 0 Å². The SMILES string of the molecule is Cc1cc(Br)c(S(=O)(=O)N2CCCNCC2)cc1Br. The number of nitrogens with zero attached hydrogens (tertiary/aromatic N) is 1. The van der Waals surface area contributed by atoms with E-state index in [0.717, 1.165) is 23.0 Å². The highest BCUT2D eigenvalue weighted by molar-refractivity contribution is 9.11. The summed E-state index contributed by atoms with van der Waals surface area (Å²) in [5.41, 5.74) is 1.00. The Labute approximate surface area is 130 Å². The minimum Gasteiger partial charge on any atom is -0.315 e. The predicted octanol–water partition coefficient (Wildman–Crippen LogP) is 2.50. The topological polar surface area (TPSA) is 49.4 Å². The van der Waals surface area contributed by atoms with Crippen molar-refractivity contribution in [3.05, 3.63) is 26.6 Å². The van der Waals surface area contributed by atoms with Gasteiger partial charge in [0.1, 0.15) is 0 Å². The molecule has 2 rings (SSSR count). The van der Waals surface area contributed by atoms with E-state index in [0.29, 0.717) is 29.0 Å². The van der Waals surface area contributed by atoms with Crippen molar-refractivity contribution in [2.75, 3.05) is 26.2 Å². The molecule has 0 saturated carbocycles. The lowest BCUT2D eigenvalue weighted by Crippen LogP contribution is -2.34. The van der Waals surface area contributed by atoms with Crippen LogP contribution in [0.15, 0.2) is 26.0 Å². The highest BCUT2D eigenvalue weighted by Gasteiger charge is 2.27. The third-order valence-corrected chi connectivity index (χ3v) is 6.84. The lowest BCUT2D eigenvalue weighted by molar-refractivity contribution is 0.431. The number of aryl methyl sites for hydroxylation is 1. The fourth-order valence-corrected chi connectivity index (χ4v) is 5.14. The molecule has 1 fully saturated rings. The maximum atomic E-state index is 12.7. The van der Waals surface area contributed by atoms with Gasteiger partial charge >= 0.3 is 0 Å². The molecule has 0 amide bonds. The summed E-state index contributed by atoms with van der Waals surface area (Å²) in [4.78, 5) is 0.326. The Bertz CT molecular complexity index is 567. The maximum Gasteiger partial charge on any atom is 0.244 e. The van der Waals surface area contributed by atoms with E-state index in [1.807, 2.05) is 13.0 Å². The van der Waals surface area contributed by atoms with Crippen LogP contribution >= 0.6 is 31.9 Å². The van der Waals surface area contributed by atoms with Crippen molar-refractivity contribution in [3.8, 4) is 0 Å². The normalized spacial score (nSPS) is 18.3.